The van der Waals surface area contributed by atoms with Crippen molar-refractivity contribution in [1.82, 2.24) is 0 Å². The Balaban J connectivity index is 1.97. The van der Waals surface area contributed by atoms with Gasteiger partial charge in [-0.3, -0.25) is 4.79 Å². The van der Waals surface area contributed by atoms with Crippen molar-refractivity contribution in [1.29, 1.82) is 0 Å². The summed E-state index contributed by atoms with van der Waals surface area (Å²) in [6.45, 7) is 2.00. The lowest BCUT2D eigenvalue weighted by Gasteiger charge is -2.50. The third kappa shape index (κ3) is 3.00. The predicted octanol–water partition coefficient (Wildman–Crippen LogP) is 3.71. The van der Waals surface area contributed by atoms with E-state index in [0.29, 0.717) is 18.3 Å². The molecule has 3 rings (SSSR count). The van der Waals surface area contributed by atoms with E-state index in [1.807, 2.05) is 18.9 Å². The van der Waals surface area contributed by atoms with Crippen LogP contribution in [0, 0.1) is 17.3 Å². The zero-order valence-corrected chi connectivity index (χ0v) is 15.2. The van der Waals surface area contributed by atoms with E-state index in [4.69, 9.17) is 9.47 Å². The lowest BCUT2D eigenvalue weighted by molar-refractivity contribution is -0.160. The summed E-state index contributed by atoms with van der Waals surface area (Å²) >= 11 is 0. The number of methoxy groups -OCH3 is 2. The van der Waals surface area contributed by atoms with Gasteiger partial charge in [0.05, 0.1) is 19.6 Å². The number of aryl methyl sites for hydroxylation is 1. The fraction of sp³-hybridized carbons (Fsp3) is 0.571. The highest BCUT2D eigenvalue weighted by molar-refractivity contribution is 5.77. The maximum Gasteiger partial charge on any atom is 0.311 e. The van der Waals surface area contributed by atoms with Crippen molar-refractivity contribution in [3.63, 3.8) is 0 Å². The molecule has 0 radical (unpaired) electrons. The van der Waals surface area contributed by atoms with Gasteiger partial charge in [-0.05, 0) is 80.0 Å². The van der Waals surface area contributed by atoms with Crippen molar-refractivity contribution in [3.05, 3.63) is 35.4 Å². The van der Waals surface area contributed by atoms with Gasteiger partial charge in [0.25, 0.3) is 0 Å². The standard InChI is InChI=1S/C21H26O4/c1-21(20(23)25-3)11-10-17-16-9-7-15(24-2)13-14(16)6-8-18(17)19(21)5-4-12-22/h4,7,9,13,17-19H,5-6,8,10-11H2,1-3H3/t17-,18+,19?,21?/m0/s1. The summed E-state index contributed by atoms with van der Waals surface area (Å²) in [5.74, 6) is 3.55. The number of hydrogen-bond donors (Lipinski definition) is 0. The number of allylic oxidation sites excluding steroid dienone is 1. The first kappa shape index (κ1) is 17.8. The molecular formula is C21H26O4. The summed E-state index contributed by atoms with van der Waals surface area (Å²) in [6.07, 6.45) is 5.88. The molecule has 1 fully saturated rings. The van der Waals surface area contributed by atoms with Gasteiger partial charge in [-0.15, -0.1) is 0 Å². The van der Waals surface area contributed by atoms with Gasteiger partial charge in [0.1, 0.15) is 11.7 Å². The number of fused-ring (bicyclic) bond motifs is 3. The fourth-order valence-electron chi connectivity index (χ4n) is 5.10. The van der Waals surface area contributed by atoms with Gasteiger partial charge in [0.15, 0.2) is 0 Å². The van der Waals surface area contributed by atoms with Crippen LogP contribution in [0.1, 0.15) is 49.7 Å². The smallest absolute Gasteiger partial charge is 0.311 e. The van der Waals surface area contributed by atoms with Crippen LogP contribution in [0.3, 0.4) is 0 Å². The fourth-order valence-corrected chi connectivity index (χ4v) is 5.10. The molecule has 0 amide bonds. The molecule has 0 N–H and O–H groups in total. The molecule has 0 aromatic heterocycles. The maximum absolute atomic E-state index is 12.5. The molecule has 134 valence electrons. The molecule has 4 atom stereocenters. The molecule has 4 nitrogen and oxygen atoms in total. The molecule has 1 saturated carbocycles. The van der Waals surface area contributed by atoms with Crippen molar-refractivity contribution in [2.75, 3.05) is 14.2 Å². The average molecular weight is 342 g/mol. The normalized spacial score (nSPS) is 30.4. The van der Waals surface area contributed by atoms with Crippen molar-refractivity contribution in [3.8, 4) is 5.75 Å². The Labute approximate surface area is 149 Å². The van der Waals surface area contributed by atoms with Gasteiger partial charge in [0, 0.05) is 6.08 Å². The minimum absolute atomic E-state index is 0.107. The van der Waals surface area contributed by atoms with Crippen molar-refractivity contribution in [2.24, 2.45) is 17.3 Å². The molecule has 25 heavy (non-hydrogen) atoms. The van der Waals surface area contributed by atoms with Crippen LogP contribution in [0.15, 0.2) is 24.3 Å². The van der Waals surface area contributed by atoms with E-state index in [0.717, 1.165) is 31.4 Å². The van der Waals surface area contributed by atoms with Crippen LogP contribution in [0.2, 0.25) is 0 Å². The summed E-state index contributed by atoms with van der Waals surface area (Å²) in [4.78, 5) is 23.3. The lowest BCUT2D eigenvalue weighted by atomic mass is 9.54. The largest absolute Gasteiger partial charge is 0.497 e. The second kappa shape index (κ2) is 7.05. The van der Waals surface area contributed by atoms with Crippen LogP contribution in [0.5, 0.6) is 5.75 Å². The second-order valence-electron chi connectivity index (χ2n) is 7.49. The molecule has 0 bridgehead atoms. The Hall–Kier alpha value is -2.06. The van der Waals surface area contributed by atoms with Gasteiger partial charge in [-0.25, -0.2) is 4.79 Å². The van der Waals surface area contributed by atoms with E-state index in [1.165, 1.54) is 24.3 Å². The molecule has 0 heterocycles. The molecule has 0 saturated heterocycles. The summed E-state index contributed by atoms with van der Waals surface area (Å²) in [7, 11) is 3.15. The first-order chi connectivity index (χ1) is 12.0. The Bertz CT molecular complexity index is 704. The zero-order chi connectivity index (χ0) is 18.0. The van der Waals surface area contributed by atoms with Crippen LogP contribution in [0.25, 0.3) is 0 Å². The highest BCUT2D eigenvalue weighted by Gasteiger charge is 2.52. The molecule has 2 aliphatic carbocycles. The second-order valence-corrected chi connectivity index (χ2v) is 7.49. The Morgan fingerprint density at radius 1 is 1.36 bits per heavy atom. The maximum atomic E-state index is 12.5. The van der Waals surface area contributed by atoms with Crippen molar-refractivity contribution in [2.45, 2.75) is 44.9 Å². The number of benzene rings is 1. The monoisotopic (exact) mass is 342 g/mol. The van der Waals surface area contributed by atoms with Crippen molar-refractivity contribution < 1.29 is 19.1 Å². The molecule has 2 unspecified atom stereocenters. The van der Waals surface area contributed by atoms with E-state index in [2.05, 4.69) is 12.1 Å². The van der Waals surface area contributed by atoms with Gasteiger partial charge >= 0.3 is 5.97 Å². The quantitative estimate of drug-likeness (QED) is 0.618. The Morgan fingerprint density at radius 2 is 2.16 bits per heavy atom. The Kier molecular flexibility index (Phi) is 5.01. The predicted molar refractivity (Wildman–Crippen MR) is 95.3 cm³/mol. The first-order valence-corrected chi connectivity index (χ1v) is 8.99. The molecular weight excluding hydrogens is 316 g/mol. The van der Waals surface area contributed by atoms with E-state index in [1.54, 1.807) is 7.11 Å². The molecule has 2 aliphatic rings. The third-order valence-electron chi connectivity index (χ3n) is 6.43. The van der Waals surface area contributed by atoms with E-state index >= 15 is 0 Å². The SMILES string of the molecule is COC(=O)C1(C)CC[C@H]2c3ccc(OC)cc3CC[C@H]2C1CC=C=O. The zero-order valence-electron chi connectivity index (χ0n) is 15.2. The molecule has 1 aromatic rings. The van der Waals surface area contributed by atoms with E-state index < -0.39 is 5.41 Å². The van der Waals surface area contributed by atoms with Crippen LogP contribution >= 0.6 is 0 Å². The minimum Gasteiger partial charge on any atom is -0.497 e. The summed E-state index contributed by atoms with van der Waals surface area (Å²) in [5.41, 5.74) is 2.20. The molecule has 4 heteroatoms. The van der Waals surface area contributed by atoms with E-state index in [9.17, 15) is 9.59 Å². The molecule has 0 spiro atoms. The molecule has 1 aromatic carbocycles. The van der Waals surface area contributed by atoms with Gasteiger partial charge in [-0.1, -0.05) is 6.07 Å². The van der Waals surface area contributed by atoms with Crippen molar-refractivity contribution >= 4 is 11.9 Å². The highest BCUT2D eigenvalue weighted by atomic mass is 16.5. The number of ether oxygens (including phenoxy) is 2. The highest BCUT2D eigenvalue weighted by Crippen LogP contribution is 2.56. The number of carbonyl (C=O) groups excluding carboxylic acids is 2. The van der Waals surface area contributed by atoms with Crippen LogP contribution in [-0.2, 0) is 20.7 Å². The van der Waals surface area contributed by atoms with Gasteiger partial charge in [0.2, 0.25) is 0 Å². The number of carbonyl (C=O) groups is 1. The van der Waals surface area contributed by atoms with Crippen LogP contribution in [0.4, 0.5) is 0 Å². The van der Waals surface area contributed by atoms with Gasteiger partial charge < -0.3 is 9.47 Å². The first-order valence-electron chi connectivity index (χ1n) is 8.99. The Morgan fingerprint density at radius 3 is 2.84 bits per heavy atom. The number of esters is 1. The average Bonchev–Trinajstić information content (AvgIpc) is 2.65. The summed E-state index contributed by atoms with van der Waals surface area (Å²) in [5, 5.41) is 0. The van der Waals surface area contributed by atoms with Crippen LogP contribution in [-0.4, -0.2) is 26.1 Å². The third-order valence-corrected chi connectivity index (χ3v) is 6.43. The summed E-state index contributed by atoms with van der Waals surface area (Å²) < 4.78 is 10.5. The summed E-state index contributed by atoms with van der Waals surface area (Å²) in [6, 6.07) is 6.34. The topological polar surface area (TPSA) is 52.6 Å². The number of hydrogen-bond acceptors (Lipinski definition) is 4. The van der Waals surface area contributed by atoms with Gasteiger partial charge in [-0.2, -0.15) is 0 Å². The van der Waals surface area contributed by atoms with E-state index in [-0.39, 0.29) is 11.9 Å². The van der Waals surface area contributed by atoms with Crippen LogP contribution < -0.4 is 4.74 Å². The minimum atomic E-state index is -0.534. The number of rotatable bonds is 4. The molecule has 0 aliphatic heterocycles. The lowest BCUT2D eigenvalue weighted by Crippen LogP contribution is -2.47.